The average Bonchev–Trinajstić information content (AvgIpc) is 3.16. The van der Waals surface area contributed by atoms with E-state index in [1.807, 2.05) is 24.3 Å². The summed E-state index contributed by atoms with van der Waals surface area (Å²) >= 11 is 0. The maximum atomic E-state index is 6.02. The zero-order valence-electron chi connectivity index (χ0n) is 14.8. The number of ether oxygens (including phenoxy) is 1. The molecule has 5 heteroatoms. The van der Waals surface area contributed by atoms with Gasteiger partial charge in [0.05, 0.1) is 12.6 Å². The van der Waals surface area contributed by atoms with E-state index in [0.29, 0.717) is 23.8 Å². The Labute approximate surface area is 153 Å². The summed E-state index contributed by atoms with van der Waals surface area (Å²) in [6.07, 6.45) is 4.01. The lowest BCUT2D eigenvalue weighted by Gasteiger charge is -2.40. The first-order valence-electron chi connectivity index (χ1n) is 9.51. The molecular weight excluding hydrogens is 326 g/mol. The number of likely N-dealkylation sites (tertiary alicyclic amines) is 1. The van der Waals surface area contributed by atoms with Gasteiger partial charge in [-0.05, 0) is 42.0 Å². The first-order valence-corrected chi connectivity index (χ1v) is 9.51. The Morgan fingerprint density at radius 1 is 1.04 bits per heavy atom. The molecule has 2 unspecified atom stereocenters. The third-order valence-corrected chi connectivity index (χ3v) is 5.65. The van der Waals surface area contributed by atoms with E-state index >= 15 is 0 Å². The molecule has 0 spiro atoms. The normalized spacial score (nSPS) is 23.8. The van der Waals surface area contributed by atoms with Crippen molar-refractivity contribution in [3.63, 3.8) is 0 Å². The number of nitrogens with zero attached hydrogens (tertiary/aromatic N) is 3. The predicted molar refractivity (Wildman–Crippen MR) is 99.6 cm³/mol. The second kappa shape index (κ2) is 6.82. The van der Waals surface area contributed by atoms with Gasteiger partial charge < -0.3 is 9.15 Å². The molecule has 5 nitrogen and oxygen atoms in total. The minimum atomic E-state index is 0.453. The van der Waals surface area contributed by atoms with Crippen molar-refractivity contribution in [1.82, 2.24) is 15.1 Å². The van der Waals surface area contributed by atoms with Crippen LogP contribution in [0.3, 0.4) is 0 Å². The molecule has 2 fully saturated rings. The summed E-state index contributed by atoms with van der Waals surface area (Å²) in [5.74, 6) is 1.95. The van der Waals surface area contributed by atoms with Gasteiger partial charge in [-0.3, -0.25) is 4.90 Å². The average molecular weight is 349 g/mol. The van der Waals surface area contributed by atoms with Crippen LogP contribution in [-0.4, -0.2) is 40.9 Å². The second-order valence-electron chi connectivity index (χ2n) is 7.36. The Kier molecular flexibility index (Phi) is 4.19. The first kappa shape index (κ1) is 16.0. The molecule has 2 aromatic carbocycles. The van der Waals surface area contributed by atoms with E-state index in [0.717, 1.165) is 43.6 Å². The van der Waals surface area contributed by atoms with Gasteiger partial charge in [0, 0.05) is 25.3 Å². The van der Waals surface area contributed by atoms with Crippen LogP contribution in [0, 0.1) is 5.92 Å². The highest BCUT2D eigenvalue weighted by molar-refractivity contribution is 5.94. The Hall–Kier alpha value is -2.24. The number of benzene rings is 2. The standard InChI is InChI=1S/C21H23N3O2/c1-2-8-17-15(5-1)6-3-9-18(17)21-23-22-20(26-21)14-24-11-10-19-16(13-24)7-4-12-25-19/h1-3,5-6,8-9,16,19H,4,7,10-14H2. The molecule has 0 N–H and O–H groups in total. The molecule has 3 aromatic rings. The van der Waals surface area contributed by atoms with Crippen molar-refractivity contribution in [1.29, 1.82) is 0 Å². The quantitative estimate of drug-likeness (QED) is 0.718. The fraction of sp³-hybridized carbons (Fsp3) is 0.429. The van der Waals surface area contributed by atoms with Crippen LogP contribution in [-0.2, 0) is 11.3 Å². The first-order chi connectivity index (χ1) is 12.9. The predicted octanol–water partition coefficient (Wildman–Crippen LogP) is 3.89. The number of piperidine rings is 1. The molecule has 0 amide bonds. The van der Waals surface area contributed by atoms with Crippen LogP contribution < -0.4 is 0 Å². The highest BCUT2D eigenvalue weighted by atomic mass is 16.5. The molecule has 0 bridgehead atoms. The fourth-order valence-corrected chi connectivity index (χ4v) is 4.34. The minimum absolute atomic E-state index is 0.453. The lowest BCUT2D eigenvalue weighted by Crippen LogP contribution is -2.45. The van der Waals surface area contributed by atoms with Gasteiger partial charge in [-0.1, -0.05) is 36.4 Å². The topological polar surface area (TPSA) is 51.4 Å². The van der Waals surface area contributed by atoms with Crippen LogP contribution in [0.4, 0.5) is 0 Å². The van der Waals surface area contributed by atoms with Gasteiger partial charge in [0.15, 0.2) is 0 Å². The van der Waals surface area contributed by atoms with Crippen LogP contribution in [0.2, 0.25) is 0 Å². The van der Waals surface area contributed by atoms with Gasteiger partial charge in [-0.15, -0.1) is 10.2 Å². The lowest BCUT2D eigenvalue weighted by molar-refractivity contribution is -0.0686. The summed E-state index contributed by atoms with van der Waals surface area (Å²) in [5, 5.41) is 11.0. The summed E-state index contributed by atoms with van der Waals surface area (Å²) in [6, 6.07) is 14.5. The van der Waals surface area contributed by atoms with Crippen molar-refractivity contribution in [3.05, 3.63) is 48.4 Å². The van der Waals surface area contributed by atoms with Crippen LogP contribution in [0.15, 0.2) is 46.9 Å². The van der Waals surface area contributed by atoms with Crippen molar-refractivity contribution in [3.8, 4) is 11.5 Å². The molecule has 2 aliphatic rings. The van der Waals surface area contributed by atoms with Gasteiger partial charge >= 0.3 is 0 Å². The largest absolute Gasteiger partial charge is 0.419 e. The van der Waals surface area contributed by atoms with E-state index in [9.17, 15) is 0 Å². The smallest absolute Gasteiger partial charge is 0.248 e. The SMILES string of the molecule is c1ccc2c(-c3nnc(CN4CCC5OCCCC5C4)o3)cccc2c1. The van der Waals surface area contributed by atoms with Crippen LogP contribution in [0.25, 0.3) is 22.2 Å². The van der Waals surface area contributed by atoms with E-state index in [-0.39, 0.29) is 0 Å². The Morgan fingerprint density at radius 3 is 2.96 bits per heavy atom. The maximum Gasteiger partial charge on any atom is 0.248 e. The number of aromatic nitrogens is 2. The van der Waals surface area contributed by atoms with E-state index in [4.69, 9.17) is 9.15 Å². The zero-order chi connectivity index (χ0) is 17.3. The molecule has 2 aliphatic heterocycles. The number of hydrogen-bond acceptors (Lipinski definition) is 5. The Morgan fingerprint density at radius 2 is 1.96 bits per heavy atom. The summed E-state index contributed by atoms with van der Waals surface area (Å²) in [4.78, 5) is 2.43. The van der Waals surface area contributed by atoms with Crippen molar-refractivity contribution >= 4 is 10.8 Å². The van der Waals surface area contributed by atoms with Gasteiger partial charge in [0.25, 0.3) is 0 Å². The van der Waals surface area contributed by atoms with Gasteiger partial charge in [-0.2, -0.15) is 0 Å². The molecule has 1 aromatic heterocycles. The van der Waals surface area contributed by atoms with Crippen molar-refractivity contribution in [2.45, 2.75) is 31.9 Å². The Balaban J connectivity index is 1.34. The van der Waals surface area contributed by atoms with Crippen LogP contribution in [0.5, 0.6) is 0 Å². The van der Waals surface area contributed by atoms with Gasteiger partial charge in [0.2, 0.25) is 11.8 Å². The molecule has 5 rings (SSSR count). The van der Waals surface area contributed by atoms with Gasteiger partial charge in [-0.25, -0.2) is 0 Å². The molecular formula is C21H23N3O2. The van der Waals surface area contributed by atoms with Crippen molar-refractivity contribution < 1.29 is 9.15 Å². The molecule has 0 radical (unpaired) electrons. The summed E-state index contributed by atoms with van der Waals surface area (Å²) < 4.78 is 11.9. The van der Waals surface area contributed by atoms with E-state index in [2.05, 4.69) is 33.3 Å². The fourth-order valence-electron chi connectivity index (χ4n) is 4.34. The third-order valence-electron chi connectivity index (χ3n) is 5.65. The Bertz CT molecular complexity index is 902. The second-order valence-corrected chi connectivity index (χ2v) is 7.36. The molecule has 0 aliphatic carbocycles. The molecule has 2 saturated heterocycles. The number of rotatable bonds is 3. The van der Waals surface area contributed by atoms with E-state index in [1.54, 1.807) is 0 Å². The summed E-state index contributed by atoms with van der Waals surface area (Å²) in [6.45, 7) is 3.75. The van der Waals surface area contributed by atoms with Gasteiger partial charge in [0.1, 0.15) is 0 Å². The molecule has 134 valence electrons. The van der Waals surface area contributed by atoms with Crippen LogP contribution >= 0.6 is 0 Å². The van der Waals surface area contributed by atoms with E-state index in [1.165, 1.54) is 18.2 Å². The van der Waals surface area contributed by atoms with Crippen molar-refractivity contribution in [2.24, 2.45) is 5.92 Å². The molecule has 0 saturated carbocycles. The summed E-state index contributed by atoms with van der Waals surface area (Å²) in [7, 11) is 0. The lowest BCUT2D eigenvalue weighted by atomic mass is 9.88. The number of hydrogen-bond donors (Lipinski definition) is 0. The van der Waals surface area contributed by atoms with Crippen LogP contribution in [0.1, 0.15) is 25.2 Å². The zero-order valence-corrected chi connectivity index (χ0v) is 14.8. The maximum absolute atomic E-state index is 6.02. The molecule has 2 atom stereocenters. The highest BCUT2D eigenvalue weighted by Crippen LogP contribution is 2.30. The molecule has 26 heavy (non-hydrogen) atoms. The molecule has 3 heterocycles. The highest BCUT2D eigenvalue weighted by Gasteiger charge is 2.32. The third kappa shape index (κ3) is 3.02. The number of fused-ring (bicyclic) bond motifs is 2. The van der Waals surface area contributed by atoms with Crippen molar-refractivity contribution in [2.75, 3.05) is 19.7 Å². The monoisotopic (exact) mass is 349 g/mol. The van der Waals surface area contributed by atoms with E-state index < -0.39 is 0 Å². The minimum Gasteiger partial charge on any atom is -0.419 e. The summed E-state index contributed by atoms with van der Waals surface area (Å²) in [5.41, 5.74) is 1.00.